The number of rotatable bonds is 4. The van der Waals surface area contributed by atoms with Crippen molar-refractivity contribution in [3.8, 4) is 0 Å². The van der Waals surface area contributed by atoms with Crippen LogP contribution in [0, 0.1) is 15.9 Å². The highest BCUT2D eigenvalue weighted by molar-refractivity contribution is 7.84. The summed E-state index contributed by atoms with van der Waals surface area (Å²) >= 11 is 5.81. The third kappa shape index (κ3) is 3.56. The Hall–Kier alpha value is -1.99. The van der Waals surface area contributed by atoms with Crippen molar-refractivity contribution in [1.82, 2.24) is 0 Å². The van der Waals surface area contributed by atoms with E-state index in [1.807, 2.05) is 0 Å². The number of nitrogen functional groups attached to an aromatic ring is 1. The SMILES string of the molecule is Nc1cc(F)ccc1S(=O)Cc1cc(Cl)ccc1[N+](=O)[O-]. The van der Waals surface area contributed by atoms with Crippen LogP contribution in [0.4, 0.5) is 15.8 Å². The summed E-state index contributed by atoms with van der Waals surface area (Å²) in [6.45, 7) is 0. The number of hydrogen-bond acceptors (Lipinski definition) is 4. The zero-order valence-electron chi connectivity index (χ0n) is 10.6. The molecule has 0 aromatic heterocycles. The second kappa shape index (κ2) is 6.19. The maximum absolute atomic E-state index is 13.0. The molecule has 21 heavy (non-hydrogen) atoms. The maximum atomic E-state index is 13.0. The Morgan fingerprint density at radius 2 is 2.00 bits per heavy atom. The Morgan fingerprint density at radius 1 is 1.29 bits per heavy atom. The first-order valence-corrected chi connectivity index (χ1v) is 7.44. The Morgan fingerprint density at radius 3 is 2.62 bits per heavy atom. The molecule has 0 spiro atoms. The minimum Gasteiger partial charge on any atom is -0.398 e. The third-order valence-electron chi connectivity index (χ3n) is 2.74. The van der Waals surface area contributed by atoms with Gasteiger partial charge in [0.15, 0.2) is 0 Å². The number of benzene rings is 2. The molecule has 5 nitrogen and oxygen atoms in total. The van der Waals surface area contributed by atoms with E-state index in [1.54, 1.807) is 0 Å². The highest BCUT2D eigenvalue weighted by atomic mass is 35.5. The molecule has 0 saturated carbocycles. The molecule has 0 aliphatic heterocycles. The van der Waals surface area contributed by atoms with Crippen LogP contribution in [-0.4, -0.2) is 9.13 Å². The van der Waals surface area contributed by atoms with E-state index >= 15 is 0 Å². The number of hydrogen-bond donors (Lipinski definition) is 1. The van der Waals surface area contributed by atoms with Crippen molar-refractivity contribution < 1.29 is 13.5 Å². The van der Waals surface area contributed by atoms with Gasteiger partial charge in [-0.25, -0.2) is 4.39 Å². The summed E-state index contributed by atoms with van der Waals surface area (Å²) < 4.78 is 25.3. The van der Waals surface area contributed by atoms with Crippen LogP contribution in [0.25, 0.3) is 0 Å². The van der Waals surface area contributed by atoms with E-state index in [2.05, 4.69) is 0 Å². The molecule has 0 amide bonds. The Labute approximate surface area is 127 Å². The van der Waals surface area contributed by atoms with E-state index in [-0.39, 0.29) is 27.6 Å². The van der Waals surface area contributed by atoms with Gasteiger partial charge in [-0.15, -0.1) is 0 Å². The zero-order chi connectivity index (χ0) is 15.6. The lowest BCUT2D eigenvalue weighted by Crippen LogP contribution is -2.03. The van der Waals surface area contributed by atoms with Crippen LogP contribution in [0.3, 0.4) is 0 Å². The fraction of sp³-hybridized carbons (Fsp3) is 0.0769. The summed E-state index contributed by atoms with van der Waals surface area (Å²) in [6, 6.07) is 7.52. The second-order valence-electron chi connectivity index (χ2n) is 4.20. The standard InChI is InChI=1S/C13H10ClFN2O3S/c14-9-1-3-12(17(18)19)8(5-9)7-21(20)13-4-2-10(15)6-11(13)16/h1-6H,7,16H2. The van der Waals surface area contributed by atoms with E-state index in [4.69, 9.17) is 17.3 Å². The monoisotopic (exact) mass is 328 g/mol. The fourth-order valence-corrected chi connectivity index (χ4v) is 3.20. The Bertz CT molecular complexity index is 739. The van der Waals surface area contributed by atoms with Gasteiger partial charge in [-0.1, -0.05) is 11.6 Å². The fourth-order valence-electron chi connectivity index (χ4n) is 1.79. The lowest BCUT2D eigenvalue weighted by Gasteiger charge is -2.07. The summed E-state index contributed by atoms with van der Waals surface area (Å²) in [5, 5.41) is 11.3. The largest absolute Gasteiger partial charge is 0.398 e. The van der Waals surface area contributed by atoms with Crippen molar-refractivity contribution in [3.63, 3.8) is 0 Å². The van der Waals surface area contributed by atoms with Crippen molar-refractivity contribution in [2.75, 3.05) is 5.73 Å². The molecule has 0 aliphatic rings. The highest BCUT2D eigenvalue weighted by Crippen LogP contribution is 2.27. The van der Waals surface area contributed by atoms with Crippen molar-refractivity contribution in [1.29, 1.82) is 0 Å². The molecular formula is C13H10ClFN2O3S. The number of anilines is 1. The average molecular weight is 329 g/mol. The molecule has 2 aromatic carbocycles. The minimum absolute atomic E-state index is 0.0398. The minimum atomic E-state index is -1.64. The zero-order valence-corrected chi connectivity index (χ0v) is 12.2. The number of nitro benzene ring substituents is 1. The van der Waals surface area contributed by atoms with Gasteiger partial charge in [-0.05, 0) is 30.3 Å². The van der Waals surface area contributed by atoms with Gasteiger partial charge in [0.2, 0.25) is 0 Å². The van der Waals surface area contributed by atoms with Gasteiger partial charge in [-0.3, -0.25) is 14.3 Å². The van der Waals surface area contributed by atoms with Gasteiger partial charge in [0.25, 0.3) is 5.69 Å². The Kier molecular flexibility index (Phi) is 4.54. The van der Waals surface area contributed by atoms with E-state index in [0.29, 0.717) is 5.02 Å². The van der Waals surface area contributed by atoms with Gasteiger partial charge in [0.1, 0.15) is 5.82 Å². The molecule has 0 fully saturated rings. The second-order valence-corrected chi connectivity index (χ2v) is 6.06. The molecule has 110 valence electrons. The molecule has 2 rings (SSSR count). The molecule has 0 aliphatic carbocycles. The van der Waals surface area contributed by atoms with Crippen LogP contribution in [0.15, 0.2) is 41.3 Å². The van der Waals surface area contributed by atoms with Crippen molar-refractivity contribution >= 4 is 33.8 Å². The molecule has 0 heterocycles. The lowest BCUT2D eigenvalue weighted by molar-refractivity contribution is -0.385. The van der Waals surface area contributed by atoms with Crippen LogP contribution >= 0.6 is 11.6 Å². The van der Waals surface area contributed by atoms with Crippen LogP contribution < -0.4 is 5.73 Å². The quantitative estimate of drug-likeness (QED) is 0.530. The molecule has 2 N–H and O–H groups in total. The van der Waals surface area contributed by atoms with Crippen LogP contribution in [0.5, 0.6) is 0 Å². The smallest absolute Gasteiger partial charge is 0.273 e. The topological polar surface area (TPSA) is 86.2 Å². The molecular weight excluding hydrogens is 319 g/mol. The van der Waals surface area contributed by atoms with Gasteiger partial charge in [-0.2, -0.15) is 0 Å². The summed E-state index contributed by atoms with van der Waals surface area (Å²) in [5.74, 6) is -0.672. The molecule has 1 atom stereocenters. The summed E-state index contributed by atoms with van der Waals surface area (Å²) in [5.41, 5.74) is 5.71. The van der Waals surface area contributed by atoms with Crippen molar-refractivity contribution in [2.45, 2.75) is 10.6 Å². The van der Waals surface area contributed by atoms with Crippen LogP contribution in [0.1, 0.15) is 5.56 Å². The molecule has 0 bridgehead atoms. The molecule has 1 unspecified atom stereocenters. The molecule has 0 radical (unpaired) electrons. The van der Waals surface area contributed by atoms with E-state index in [1.165, 1.54) is 24.3 Å². The van der Waals surface area contributed by atoms with Crippen molar-refractivity contribution in [2.24, 2.45) is 0 Å². The first-order valence-electron chi connectivity index (χ1n) is 5.74. The highest BCUT2D eigenvalue weighted by Gasteiger charge is 2.18. The first-order chi connectivity index (χ1) is 9.88. The molecule has 0 saturated heterocycles. The van der Waals surface area contributed by atoms with E-state index in [0.717, 1.165) is 12.1 Å². The van der Waals surface area contributed by atoms with Crippen LogP contribution in [-0.2, 0) is 16.6 Å². The Balaban J connectivity index is 2.35. The van der Waals surface area contributed by atoms with Gasteiger partial charge >= 0.3 is 0 Å². The summed E-state index contributed by atoms with van der Waals surface area (Å²) in [7, 11) is -1.64. The van der Waals surface area contributed by atoms with Gasteiger partial charge < -0.3 is 5.73 Å². The third-order valence-corrected chi connectivity index (χ3v) is 4.41. The van der Waals surface area contributed by atoms with Crippen molar-refractivity contribution in [3.05, 3.63) is 62.9 Å². The predicted octanol–water partition coefficient (Wildman–Crippen LogP) is 3.28. The number of nitro groups is 1. The normalized spacial score (nSPS) is 12.1. The number of halogens is 2. The van der Waals surface area contributed by atoms with Gasteiger partial charge in [0.05, 0.1) is 32.1 Å². The number of nitrogens with zero attached hydrogens (tertiary/aromatic N) is 1. The van der Waals surface area contributed by atoms with Crippen LogP contribution in [0.2, 0.25) is 5.02 Å². The lowest BCUT2D eigenvalue weighted by atomic mass is 10.2. The van der Waals surface area contributed by atoms with Gasteiger partial charge in [0, 0.05) is 16.7 Å². The summed E-state index contributed by atoms with van der Waals surface area (Å²) in [4.78, 5) is 10.6. The maximum Gasteiger partial charge on any atom is 0.273 e. The predicted molar refractivity (Wildman–Crippen MR) is 79.0 cm³/mol. The van der Waals surface area contributed by atoms with E-state index < -0.39 is 21.5 Å². The summed E-state index contributed by atoms with van der Waals surface area (Å²) in [6.07, 6.45) is 0. The molecule has 2 aromatic rings. The number of nitrogens with two attached hydrogens (primary N) is 1. The molecule has 8 heteroatoms. The van der Waals surface area contributed by atoms with E-state index in [9.17, 15) is 18.7 Å². The average Bonchev–Trinajstić information content (AvgIpc) is 2.37. The first kappa shape index (κ1) is 15.4.